The predicted octanol–water partition coefficient (Wildman–Crippen LogP) is 4.76. The first-order chi connectivity index (χ1) is 11.6. The highest BCUT2D eigenvalue weighted by molar-refractivity contribution is 5.45. The van der Waals surface area contributed by atoms with Crippen molar-refractivity contribution in [1.82, 2.24) is 4.90 Å². The van der Waals surface area contributed by atoms with Crippen LogP contribution in [0.1, 0.15) is 44.2 Å². The molecule has 0 atom stereocenters. The van der Waals surface area contributed by atoms with Gasteiger partial charge in [0.05, 0.1) is 6.07 Å². The zero-order chi connectivity index (χ0) is 17.0. The van der Waals surface area contributed by atoms with Gasteiger partial charge in [-0.3, -0.25) is 4.90 Å². The number of nitrogens with zero attached hydrogens (tertiary/aromatic N) is 2. The molecule has 1 saturated heterocycles. The van der Waals surface area contributed by atoms with Crippen molar-refractivity contribution in [3.8, 4) is 6.07 Å². The van der Waals surface area contributed by atoms with Crippen LogP contribution in [-0.2, 0) is 5.41 Å². The highest BCUT2D eigenvalue weighted by Crippen LogP contribution is 2.37. The van der Waals surface area contributed by atoms with Crippen LogP contribution in [0.3, 0.4) is 0 Å². The normalized spacial score (nSPS) is 17.5. The van der Waals surface area contributed by atoms with Crippen molar-refractivity contribution in [2.24, 2.45) is 0 Å². The molecule has 1 aliphatic rings. The smallest absolute Gasteiger partial charge is 0.108 e. The molecule has 0 spiro atoms. The molecule has 0 unspecified atom stereocenters. The number of nitriles is 1. The van der Waals surface area contributed by atoms with E-state index in [0.717, 1.165) is 30.6 Å². The molecule has 2 nitrogen and oxygen atoms in total. The van der Waals surface area contributed by atoms with E-state index in [1.54, 1.807) is 0 Å². The van der Waals surface area contributed by atoms with Gasteiger partial charge in [0.1, 0.15) is 5.41 Å². The molecule has 2 aromatic carbocycles. The molecule has 24 heavy (non-hydrogen) atoms. The fraction of sp³-hybridized carbons (Fsp3) is 0.409. The highest BCUT2D eigenvalue weighted by atomic mass is 15.2. The Labute approximate surface area is 145 Å². The quantitative estimate of drug-likeness (QED) is 0.794. The Balaban J connectivity index is 1.95. The highest BCUT2D eigenvalue weighted by Gasteiger charge is 2.38. The minimum absolute atomic E-state index is 0.245. The molecule has 1 heterocycles. The summed E-state index contributed by atoms with van der Waals surface area (Å²) in [4.78, 5) is 2.55. The fourth-order valence-corrected chi connectivity index (χ4v) is 3.97. The first-order valence-electron chi connectivity index (χ1n) is 8.86. The number of rotatable bonds is 5. The van der Waals surface area contributed by atoms with Crippen molar-refractivity contribution in [2.45, 2.75) is 44.1 Å². The second-order valence-corrected chi connectivity index (χ2v) is 7.40. The van der Waals surface area contributed by atoms with Gasteiger partial charge in [-0.1, -0.05) is 60.7 Å². The van der Waals surface area contributed by atoms with E-state index in [4.69, 9.17) is 0 Å². The molecule has 3 rings (SSSR count). The van der Waals surface area contributed by atoms with Crippen molar-refractivity contribution >= 4 is 0 Å². The van der Waals surface area contributed by atoms with E-state index in [0.29, 0.717) is 0 Å². The van der Waals surface area contributed by atoms with Crippen molar-refractivity contribution in [3.63, 3.8) is 0 Å². The molecule has 0 saturated carbocycles. The fourth-order valence-electron chi connectivity index (χ4n) is 3.97. The topological polar surface area (TPSA) is 27.0 Å². The summed E-state index contributed by atoms with van der Waals surface area (Å²) in [7, 11) is 0. The maximum atomic E-state index is 10.2. The van der Waals surface area contributed by atoms with Gasteiger partial charge in [-0.25, -0.2) is 0 Å². The van der Waals surface area contributed by atoms with Crippen LogP contribution in [0, 0.1) is 11.3 Å². The van der Waals surface area contributed by atoms with Crippen molar-refractivity contribution in [2.75, 3.05) is 13.1 Å². The van der Waals surface area contributed by atoms with Crippen molar-refractivity contribution < 1.29 is 0 Å². The van der Waals surface area contributed by atoms with Crippen LogP contribution >= 0.6 is 0 Å². The summed E-state index contributed by atoms with van der Waals surface area (Å²) in [6, 6.07) is 23.2. The minimum Gasteiger partial charge on any atom is -0.298 e. The van der Waals surface area contributed by atoms with Gasteiger partial charge in [0.15, 0.2) is 0 Å². The van der Waals surface area contributed by atoms with E-state index in [2.05, 4.69) is 49.1 Å². The van der Waals surface area contributed by atoms with Crippen molar-refractivity contribution in [1.29, 1.82) is 5.26 Å². The Morgan fingerprint density at radius 1 is 1.00 bits per heavy atom. The summed E-state index contributed by atoms with van der Waals surface area (Å²) < 4.78 is 0. The third-order valence-electron chi connectivity index (χ3n) is 5.55. The first kappa shape index (κ1) is 16.7. The molecule has 0 aliphatic carbocycles. The van der Waals surface area contributed by atoms with Gasteiger partial charge in [-0.2, -0.15) is 5.26 Å². The largest absolute Gasteiger partial charge is 0.298 e. The summed E-state index contributed by atoms with van der Waals surface area (Å²) in [6.45, 7) is 6.72. The average molecular weight is 318 g/mol. The second kappa shape index (κ2) is 6.79. The third-order valence-corrected chi connectivity index (χ3v) is 5.55. The van der Waals surface area contributed by atoms with Crippen LogP contribution in [0.25, 0.3) is 0 Å². The molecule has 0 bridgehead atoms. The third kappa shape index (κ3) is 3.09. The second-order valence-electron chi connectivity index (χ2n) is 7.40. The number of hydrogen-bond donors (Lipinski definition) is 0. The Kier molecular flexibility index (Phi) is 4.73. The Hall–Kier alpha value is -2.11. The monoisotopic (exact) mass is 318 g/mol. The lowest BCUT2D eigenvalue weighted by molar-refractivity contribution is 0.167. The van der Waals surface area contributed by atoms with Gasteiger partial charge >= 0.3 is 0 Å². The number of hydrogen-bond acceptors (Lipinski definition) is 2. The maximum absolute atomic E-state index is 10.2. The summed E-state index contributed by atoms with van der Waals surface area (Å²) in [5, 5.41) is 10.2. The molecule has 124 valence electrons. The van der Waals surface area contributed by atoms with Crippen LogP contribution in [0.2, 0.25) is 0 Å². The molecule has 0 aromatic heterocycles. The number of benzene rings is 2. The van der Waals surface area contributed by atoms with E-state index >= 15 is 0 Å². The van der Waals surface area contributed by atoms with E-state index in [1.165, 1.54) is 12.8 Å². The zero-order valence-electron chi connectivity index (χ0n) is 14.7. The molecule has 0 radical (unpaired) electrons. The molecule has 1 fully saturated rings. The summed E-state index contributed by atoms with van der Waals surface area (Å²) in [5.41, 5.74) is 1.85. The Morgan fingerprint density at radius 3 is 1.96 bits per heavy atom. The average Bonchev–Trinajstić information content (AvgIpc) is 2.96. The molecule has 0 N–H and O–H groups in total. The van der Waals surface area contributed by atoms with Gasteiger partial charge in [-0.05, 0) is 50.8 Å². The lowest BCUT2D eigenvalue weighted by atomic mass is 9.73. The van der Waals surface area contributed by atoms with E-state index in [9.17, 15) is 5.26 Å². The molecule has 2 heteroatoms. The molecule has 1 aliphatic heterocycles. The van der Waals surface area contributed by atoms with Gasteiger partial charge in [0, 0.05) is 12.1 Å². The molecular formula is C22H26N2. The first-order valence-corrected chi connectivity index (χ1v) is 8.86. The number of likely N-dealkylation sites (tertiary alicyclic amines) is 1. The molecule has 2 aromatic rings. The van der Waals surface area contributed by atoms with E-state index in [1.807, 2.05) is 36.4 Å². The summed E-state index contributed by atoms with van der Waals surface area (Å²) in [6.07, 6.45) is 3.31. The Bertz CT molecular complexity index is 658. The molecular weight excluding hydrogens is 292 g/mol. The van der Waals surface area contributed by atoms with Crippen LogP contribution in [0.15, 0.2) is 60.7 Å². The standard InChI is InChI=1S/C22H26N2/c1-21(2)14-9-16-24(21)17-15-22(18-23,19-10-5-3-6-11-19)20-12-7-4-8-13-20/h3-8,10-13H,9,14-17H2,1-2H3. The SMILES string of the molecule is CC1(C)CCCN1CCC(C#N)(c1ccccc1)c1ccccc1. The van der Waals surface area contributed by atoms with Crippen LogP contribution < -0.4 is 0 Å². The lowest BCUT2D eigenvalue weighted by Crippen LogP contribution is -2.41. The van der Waals surface area contributed by atoms with E-state index < -0.39 is 5.41 Å². The van der Waals surface area contributed by atoms with E-state index in [-0.39, 0.29) is 5.54 Å². The zero-order valence-corrected chi connectivity index (χ0v) is 14.7. The van der Waals surface area contributed by atoms with Gasteiger partial charge in [-0.15, -0.1) is 0 Å². The van der Waals surface area contributed by atoms with Crippen LogP contribution in [0.5, 0.6) is 0 Å². The van der Waals surface area contributed by atoms with Gasteiger partial charge in [0.2, 0.25) is 0 Å². The van der Waals surface area contributed by atoms with Gasteiger partial charge < -0.3 is 0 Å². The summed E-state index contributed by atoms with van der Waals surface area (Å²) >= 11 is 0. The lowest BCUT2D eigenvalue weighted by Gasteiger charge is -2.35. The predicted molar refractivity (Wildman–Crippen MR) is 98.8 cm³/mol. The van der Waals surface area contributed by atoms with Crippen LogP contribution in [0.4, 0.5) is 0 Å². The Morgan fingerprint density at radius 2 is 1.54 bits per heavy atom. The summed E-state index contributed by atoms with van der Waals surface area (Å²) in [5.74, 6) is 0. The maximum Gasteiger partial charge on any atom is 0.108 e. The minimum atomic E-state index is -0.582. The van der Waals surface area contributed by atoms with Crippen LogP contribution in [-0.4, -0.2) is 23.5 Å². The molecule has 0 amide bonds. The van der Waals surface area contributed by atoms with Crippen molar-refractivity contribution in [3.05, 3.63) is 71.8 Å². The van der Waals surface area contributed by atoms with Gasteiger partial charge in [0.25, 0.3) is 0 Å².